The van der Waals surface area contributed by atoms with Crippen LogP contribution in [0.4, 0.5) is 9.93 Å². The van der Waals surface area contributed by atoms with Crippen molar-refractivity contribution in [2.45, 2.75) is 109 Å². The number of hydrogen-bond acceptors (Lipinski definition) is 12. The number of carbonyl (C=O) groups is 4. The number of nitrogens with one attached hydrogen (secondary N) is 3. The summed E-state index contributed by atoms with van der Waals surface area (Å²) in [7, 11) is 0.179. The fourth-order valence-corrected chi connectivity index (χ4v) is 11.0. The molecule has 3 aromatic rings. The first kappa shape index (κ1) is 44.8. The zero-order valence-corrected chi connectivity index (χ0v) is 37.4. The van der Waals surface area contributed by atoms with E-state index in [0.29, 0.717) is 33.8 Å². The van der Waals surface area contributed by atoms with E-state index in [1.807, 2.05) is 46.1 Å². The first-order chi connectivity index (χ1) is 28.2. The van der Waals surface area contributed by atoms with Crippen molar-refractivity contribution in [3.8, 4) is 22.9 Å². The standard InChI is InChI=1S/C42H58N7O9PS/c1-10-25-20-42(25,59(54,55)22-35(50)48(7)8)47-37(51)33-18-28(21-49(33)38(52)36(41(4,5)6)46-40(53)58-26-13-11-12-14-26)57-34-19-31(32-23-60-39(45-32)43-24(2)3)44-30-17-27(56-9)15-16-29(30)34/h10,15-17,19,23-26,28,33,36H,1,11-14,18,20-22H2,2-9H3,(H,43,45)(H,46,53)(H,47,51)(H,54,55)/t25-,28-,33+,36?,42+/m1/s1. The molecule has 0 spiro atoms. The van der Waals surface area contributed by atoms with Crippen molar-refractivity contribution in [3.05, 3.63) is 42.3 Å². The van der Waals surface area contributed by atoms with Gasteiger partial charge >= 0.3 is 6.09 Å². The van der Waals surface area contributed by atoms with Gasteiger partial charge in [-0.25, -0.2) is 14.8 Å². The van der Waals surface area contributed by atoms with E-state index in [-0.39, 0.29) is 31.5 Å². The smallest absolute Gasteiger partial charge is 0.408 e. The summed E-state index contributed by atoms with van der Waals surface area (Å²) in [6.45, 7) is 13.2. The predicted octanol–water partition coefficient (Wildman–Crippen LogP) is 6.00. The number of alkyl carbamates (subject to hydrolysis) is 1. The Kier molecular flexibility index (Phi) is 13.2. The van der Waals surface area contributed by atoms with Crippen LogP contribution in [0.3, 0.4) is 0 Å². The molecule has 4 N–H and O–H groups in total. The molecule has 60 heavy (non-hydrogen) atoms. The monoisotopic (exact) mass is 867 g/mol. The van der Waals surface area contributed by atoms with E-state index in [1.165, 1.54) is 41.3 Å². The number of amides is 4. The molecule has 1 aliphatic heterocycles. The van der Waals surface area contributed by atoms with Crippen LogP contribution in [-0.4, -0.2) is 118 Å². The minimum atomic E-state index is -4.36. The maximum Gasteiger partial charge on any atom is 0.408 e. The number of methoxy groups -OCH3 is 1. The summed E-state index contributed by atoms with van der Waals surface area (Å²) in [6.07, 6.45) is 2.57. The Morgan fingerprint density at radius 2 is 1.83 bits per heavy atom. The number of anilines is 1. The summed E-state index contributed by atoms with van der Waals surface area (Å²) in [5, 5.41) is 10.6. The highest BCUT2D eigenvalue weighted by Crippen LogP contribution is 2.69. The summed E-state index contributed by atoms with van der Waals surface area (Å²) < 4.78 is 31.9. The van der Waals surface area contributed by atoms with Crippen molar-refractivity contribution in [1.82, 2.24) is 30.4 Å². The molecule has 1 saturated heterocycles. The zero-order valence-electron chi connectivity index (χ0n) is 35.6. The van der Waals surface area contributed by atoms with Crippen molar-refractivity contribution in [2.24, 2.45) is 11.3 Å². The Morgan fingerprint density at radius 1 is 1.12 bits per heavy atom. The largest absolute Gasteiger partial charge is 0.497 e. The second kappa shape index (κ2) is 17.7. The molecule has 3 aliphatic rings. The Labute approximate surface area is 355 Å². The van der Waals surface area contributed by atoms with Gasteiger partial charge in [-0.1, -0.05) is 26.8 Å². The van der Waals surface area contributed by atoms with Crippen molar-refractivity contribution < 1.29 is 42.8 Å². The molecule has 326 valence electrons. The maximum atomic E-state index is 14.8. The molecule has 2 saturated carbocycles. The SMILES string of the molecule is C=C[C@@H]1C[C@]1(NC(=O)[C@@H]1C[C@@H](Oc2cc(-c3csc(NC(C)C)n3)nc3cc(OC)ccc23)CN1C(=O)C(NC(=O)OC1CCCC1)C(C)(C)C)P(=O)(O)CC(=O)N(C)C. The van der Waals surface area contributed by atoms with Gasteiger partial charge < -0.3 is 44.9 Å². The molecule has 1 aromatic carbocycles. The van der Waals surface area contributed by atoms with E-state index in [2.05, 4.69) is 22.5 Å². The van der Waals surface area contributed by atoms with E-state index >= 15 is 0 Å². The molecule has 0 radical (unpaired) electrons. The topological polar surface area (TPSA) is 202 Å². The van der Waals surface area contributed by atoms with Gasteiger partial charge in [-0.15, -0.1) is 17.9 Å². The van der Waals surface area contributed by atoms with E-state index in [1.54, 1.807) is 25.3 Å². The van der Waals surface area contributed by atoms with Gasteiger partial charge in [0, 0.05) is 55.4 Å². The quantitative estimate of drug-likeness (QED) is 0.103. The minimum Gasteiger partial charge on any atom is -0.497 e. The average Bonchev–Trinajstić information content (AvgIpc) is 3.57. The molecule has 4 amide bonds. The number of carbonyl (C=O) groups excluding carboxylic acids is 4. The summed E-state index contributed by atoms with van der Waals surface area (Å²) in [6, 6.07) is 5.04. The van der Waals surface area contributed by atoms with Gasteiger partial charge in [0.05, 0.1) is 24.9 Å². The number of aromatic nitrogens is 2. The average molecular weight is 868 g/mol. The zero-order chi connectivity index (χ0) is 43.7. The number of rotatable bonds is 15. The van der Waals surface area contributed by atoms with Crippen molar-refractivity contribution >= 4 is 58.6 Å². The number of benzene rings is 1. The Hall–Kier alpha value is -4.73. The molecule has 3 heterocycles. The van der Waals surface area contributed by atoms with Crippen molar-refractivity contribution in [1.29, 1.82) is 0 Å². The second-order valence-corrected chi connectivity index (χ2v) is 20.9. The minimum absolute atomic E-state index is 0.00336. The lowest BCUT2D eigenvalue weighted by molar-refractivity contribution is -0.142. The lowest BCUT2D eigenvalue weighted by Gasteiger charge is -2.36. The van der Waals surface area contributed by atoms with Crippen LogP contribution in [0.1, 0.15) is 73.1 Å². The molecule has 2 aliphatic carbocycles. The molecule has 2 unspecified atom stereocenters. The van der Waals surface area contributed by atoms with Crippen LogP contribution in [0.5, 0.6) is 11.5 Å². The number of fused-ring (bicyclic) bond motifs is 1. The van der Waals surface area contributed by atoms with E-state index < -0.39 is 72.1 Å². The van der Waals surface area contributed by atoms with Crippen LogP contribution in [-0.2, 0) is 23.7 Å². The normalized spacial score (nSPS) is 23.1. The summed E-state index contributed by atoms with van der Waals surface area (Å²) >= 11 is 1.45. The van der Waals surface area contributed by atoms with Gasteiger partial charge in [0.2, 0.25) is 25.1 Å². The highest BCUT2D eigenvalue weighted by molar-refractivity contribution is 7.61. The Balaban J connectivity index is 1.35. The van der Waals surface area contributed by atoms with E-state index in [0.717, 1.165) is 30.8 Å². The van der Waals surface area contributed by atoms with Gasteiger partial charge in [-0.2, -0.15) is 0 Å². The van der Waals surface area contributed by atoms with Crippen LogP contribution in [0.2, 0.25) is 0 Å². The molecule has 3 fully saturated rings. The number of hydrogen-bond donors (Lipinski definition) is 4. The fraction of sp³-hybridized carbons (Fsp3) is 0.571. The molecular formula is C42H58N7O9PS. The molecule has 6 atom stereocenters. The summed E-state index contributed by atoms with van der Waals surface area (Å²) in [5.41, 5.74) is 0.906. The number of thiazole rings is 1. The second-order valence-electron chi connectivity index (χ2n) is 17.6. The van der Waals surface area contributed by atoms with Gasteiger partial charge in [0.25, 0.3) is 0 Å². The third-order valence-corrected chi connectivity index (χ3v) is 14.7. The first-order valence-corrected chi connectivity index (χ1v) is 23.1. The number of nitrogens with zero attached hydrogens (tertiary/aromatic N) is 4. The lowest BCUT2D eigenvalue weighted by Crippen LogP contribution is -2.58. The molecule has 6 rings (SSSR count). The van der Waals surface area contributed by atoms with Gasteiger partial charge in [-0.05, 0) is 63.5 Å². The van der Waals surface area contributed by atoms with Crippen LogP contribution in [0.25, 0.3) is 22.3 Å². The Morgan fingerprint density at radius 3 is 2.45 bits per heavy atom. The number of ether oxygens (including phenoxy) is 3. The van der Waals surface area contributed by atoms with Gasteiger partial charge in [-0.3, -0.25) is 18.9 Å². The lowest BCUT2D eigenvalue weighted by atomic mass is 9.85. The summed E-state index contributed by atoms with van der Waals surface area (Å²) in [5.74, 6) is -1.37. The molecular weight excluding hydrogens is 810 g/mol. The van der Waals surface area contributed by atoms with Crippen molar-refractivity contribution in [2.75, 3.05) is 39.2 Å². The van der Waals surface area contributed by atoms with Gasteiger partial charge in [0.15, 0.2) is 5.13 Å². The highest BCUT2D eigenvalue weighted by Gasteiger charge is 2.66. The molecule has 16 nitrogen and oxygen atoms in total. The first-order valence-electron chi connectivity index (χ1n) is 20.4. The Bertz CT molecular complexity index is 2170. The third-order valence-electron chi connectivity index (χ3n) is 11.3. The highest BCUT2D eigenvalue weighted by atomic mass is 32.1. The van der Waals surface area contributed by atoms with Crippen LogP contribution < -0.4 is 25.4 Å². The summed E-state index contributed by atoms with van der Waals surface area (Å²) in [4.78, 5) is 79.0. The van der Waals surface area contributed by atoms with Crippen LogP contribution in [0, 0.1) is 11.3 Å². The van der Waals surface area contributed by atoms with E-state index in [9.17, 15) is 28.6 Å². The number of pyridine rings is 1. The molecule has 18 heteroatoms. The fourth-order valence-electron chi connectivity index (χ4n) is 7.87. The third kappa shape index (κ3) is 9.74. The molecule has 2 aromatic heterocycles. The predicted molar refractivity (Wildman–Crippen MR) is 230 cm³/mol. The number of likely N-dealkylation sites (tertiary alicyclic amines) is 1. The van der Waals surface area contributed by atoms with Crippen LogP contribution in [0.15, 0.2) is 42.3 Å². The van der Waals surface area contributed by atoms with Gasteiger partial charge in [0.1, 0.15) is 52.9 Å². The van der Waals surface area contributed by atoms with E-state index in [4.69, 9.17) is 24.2 Å². The molecule has 0 bridgehead atoms. The van der Waals surface area contributed by atoms with Crippen LogP contribution >= 0.6 is 18.7 Å². The maximum absolute atomic E-state index is 14.8. The van der Waals surface area contributed by atoms with Crippen molar-refractivity contribution in [3.63, 3.8) is 0 Å².